The van der Waals surface area contributed by atoms with Crippen LogP contribution in [0.3, 0.4) is 0 Å². The SMILES string of the molecule is c1ccc(-c2c3ccccc3c(-c3cccc4ccccc34)c3cccc(-c4ccccc4-c4cccc5ccccc45)c23)c(-c2ccc3ccccc3c2)c1. The minimum absolute atomic E-state index is 1.21. The first-order chi connectivity index (χ1) is 27.8. The molecule has 56 heavy (non-hydrogen) atoms. The van der Waals surface area contributed by atoms with Gasteiger partial charge in [-0.15, -0.1) is 0 Å². The van der Waals surface area contributed by atoms with Gasteiger partial charge >= 0.3 is 0 Å². The Hall–Kier alpha value is -7.28. The molecular weight excluding hydrogens is 673 g/mol. The summed E-state index contributed by atoms with van der Waals surface area (Å²) in [7, 11) is 0. The Morgan fingerprint density at radius 3 is 1.34 bits per heavy atom. The highest BCUT2D eigenvalue weighted by molar-refractivity contribution is 6.27. The lowest BCUT2D eigenvalue weighted by Gasteiger charge is -2.23. The van der Waals surface area contributed by atoms with Crippen LogP contribution in [-0.2, 0) is 0 Å². The third kappa shape index (κ3) is 5.15. The first-order valence-corrected chi connectivity index (χ1v) is 19.4. The van der Waals surface area contributed by atoms with E-state index in [-0.39, 0.29) is 0 Å². The minimum Gasteiger partial charge on any atom is -0.0616 e. The van der Waals surface area contributed by atoms with Crippen molar-refractivity contribution >= 4 is 53.9 Å². The van der Waals surface area contributed by atoms with Gasteiger partial charge < -0.3 is 0 Å². The lowest BCUT2D eigenvalue weighted by Crippen LogP contribution is -1.96. The quantitative estimate of drug-likeness (QED) is 0.156. The molecule has 11 aromatic rings. The Morgan fingerprint density at radius 2 is 0.625 bits per heavy atom. The summed E-state index contributed by atoms with van der Waals surface area (Å²) in [5.74, 6) is 0. The zero-order chi connectivity index (χ0) is 37.0. The lowest BCUT2D eigenvalue weighted by molar-refractivity contribution is 1.60. The molecule has 0 spiro atoms. The molecule has 0 amide bonds. The Bertz CT molecular complexity index is 3300. The van der Waals surface area contributed by atoms with Gasteiger partial charge in [-0.2, -0.15) is 0 Å². The van der Waals surface area contributed by atoms with E-state index in [0.717, 1.165) is 0 Å². The minimum atomic E-state index is 1.21. The largest absolute Gasteiger partial charge is 0.0616 e. The molecule has 0 radical (unpaired) electrons. The van der Waals surface area contributed by atoms with E-state index in [4.69, 9.17) is 0 Å². The van der Waals surface area contributed by atoms with Gasteiger partial charge in [0.15, 0.2) is 0 Å². The van der Waals surface area contributed by atoms with Crippen LogP contribution < -0.4 is 0 Å². The number of hydrogen-bond acceptors (Lipinski definition) is 0. The zero-order valence-corrected chi connectivity index (χ0v) is 30.8. The molecule has 0 fully saturated rings. The molecule has 0 aliphatic carbocycles. The molecular formula is C56H36. The van der Waals surface area contributed by atoms with Crippen LogP contribution in [0.5, 0.6) is 0 Å². The summed E-state index contributed by atoms with van der Waals surface area (Å²) in [5, 5.41) is 12.5. The molecule has 0 atom stereocenters. The van der Waals surface area contributed by atoms with Gasteiger partial charge in [0.05, 0.1) is 0 Å². The smallest absolute Gasteiger partial charge is 0.00137 e. The molecule has 11 aromatic carbocycles. The molecule has 0 aliphatic rings. The van der Waals surface area contributed by atoms with Gasteiger partial charge in [-0.1, -0.05) is 212 Å². The van der Waals surface area contributed by atoms with E-state index in [1.54, 1.807) is 0 Å². The van der Waals surface area contributed by atoms with Crippen molar-refractivity contribution in [2.45, 2.75) is 0 Å². The molecule has 260 valence electrons. The van der Waals surface area contributed by atoms with Crippen LogP contribution in [0.2, 0.25) is 0 Å². The maximum absolute atomic E-state index is 2.35. The molecule has 0 heteroatoms. The number of fused-ring (bicyclic) bond motifs is 5. The average Bonchev–Trinajstić information content (AvgIpc) is 3.27. The molecule has 0 N–H and O–H groups in total. The van der Waals surface area contributed by atoms with Gasteiger partial charge in [-0.3, -0.25) is 0 Å². The summed E-state index contributed by atoms with van der Waals surface area (Å²) in [6.07, 6.45) is 0. The molecule has 0 saturated carbocycles. The summed E-state index contributed by atoms with van der Waals surface area (Å²) in [6, 6.07) is 80.5. The van der Waals surface area contributed by atoms with E-state index in [1.165, 1.54) is 109 Å². The van der Waals surface area contributed by atoms with E-state index in [1.807, 2.05) is 0 Å². The molecule has 0 bridgehead atoms. The summed E-state index contributed by atoms with van der Waals surface area (Å²) < 4.78 is 0. The maximum atomic E-state index is 2.35. The summed E-state index contributed by atoms with van der Waals surface area (Å²) in [4.78, 5) is 0. The second-order valence-electron chi connectivity index (χ2n) is 14.7. The van der Waals surface area contributed by atoms with Crippen LogP contribution in [0.25, 0.3) is 109 Å². The van der Waals surface area contributed by atoms with Crippen molar-refractivity contribution in [2.75, 3.05) is 0 Å². The van der Waals surface area contributed by atoms with Crippen molar-refractivity contribution in [3.8, 4) is 55.6 Å². The second kappa shape index (κ2) is 13.2. The van der Waals surface area contributed by atoms with E-state index in [9.17, 15) is 0 Å². The molecule has 11 rings (SSSR count). The van der Waals surface area contributed by atoms with Crippen LogP contribution in [-0.4, -0.2) is 0 Å². The fraction of sp³-hybridized carbons (Fsp3) is 0. The van der Waals surface area contributed by atoms with Gasteiger partial charge in [0.1, 0.15) is 0 Å². The third-order valence-electron chi connectivity index (χ3n) is 11.7. The Morgan fingerprint density at radius 1 is 0.196 bits per heavy atom. The molecule has 0 aromatic heterocycles. The van der Waals surface area contributed by atoms with E-state index < -0.39 is 0 Å². The lowest BCUT2D eigenvalue weighted by atomic mass is 9.80. The summed E-state index contributed by atoms with van der Waals surface area (Å²) >= 11 is 0. The van der Waals surface area contributed by atoms with Crippen molar-refractivity contribution in [3.63, 3.8) is 0 Å². The first-order valence-electron chi connectivity index (χ1n) is 19.4. The summed E-state index contributed by atoms with van der Waals surface area (Å²) in [5.41, 5.74) is 12.3. The molecule has 0 saturated heterocycles. The van der Waals surface area contributed by atoms with Crippen LogP contribution in [0.4, 0.5) is 0 Å². The number of rotatable bonds is 5. The van der Waals surface area contributed by atoms with Gasteiger partial charge in [0.2, 0.25) is 0 Å². The highest BCUT2D eigenvalue weighted by Gasteiger charge is 2.23. The topological polar surface area (TPSA) is 0 Å². The standard InChI is InChI=1S/C56H36/c1-2-19-40-36-41(35-34-37(40)16-1)44-24-7-10-27-49(44)55-52-29-12-11-28-51(52)54(48-31-14-21-39-18-4-6-23-43(39)48)53-33-15-32-50(56(53)55)47-26-9-8-25-46(47)45-30-13-20-38-17-3-5-22-42(38)45/h1-36H. The zero-order valence-electron chi connectivity index (χ0n) is 30.8. The van der Waals surface area contributed by atoms with E-state index in [2.05, 4.69) is 218 Å². The fourth-order valence-corrected chi connectivity index (χ4v) is 9.19. The molecule has 0 nitrogen and oxygen atoms in total. The highest BCUT2D eigenvalue weighted by atomic mass is 14.3. The molecule has 0 aliphatic heterocycles. The van der Waals surface area contributed by atoms with Crippen molar-refractivity contribution in [2.24, 2.45) is 0 Å². The van der Waals surface area contributed by atoms with Gasteiger partial charge in [0.25, 0.3) is 0 Å². The predicted octanol–water partition coefficient (Wildman–Crippen LogP) is 15.8. The van der Waals surface area contributed by atoms with Gasteiger partial charge in [-0.05, 0) is 116 Å². The molecule has 0 unspecified atom stereocenters. The van der Waals surface area contributed by atoms with E-state index in [0.29, 0.717) is 0 Å². The van der Waals surface area contributed by atoms with E-state index >= 15 is 0 Å². The number of hydrogen-bond donors (Lipinski definition) is 0. The van der Waals surface area contributed by atoms with Crippen LogP contribution in [0, 0.1) is 0 Å². The highest BCUT2D eigenvalue weighted by Crippen LogP contribution is 2.51. The van der Waals surface area contributed by atoms with Crippen molar-refractivity contribution < 1.29 is 0 Å². The van der Waals surface area contributed by atoms with Gasteiger partial charge in [0, 0.05) is 0 Å². The normalized spacial score (nSPS) is 11.6. The third-order valence-corrected chi connectivity index (χ3v) is 11.7. The fourth-order valence-electron chi connectivity index (χ4n) is 9.19. The Balaban J connectivity index is 1.31. The van der Waals surface area contributed by atoms with Gasteiger partial charge in [-0.25, -0.2) is 0 Å². The van der Waals surface area contributed by atoms with Crippen molar-refractivity contribution in [3.05, 3.63) is 218 Å². The second-order valence-corrected chi connectivity index (χ2v) is 14.7. The number of benzene rings is 11. The van der Waals surface area contributed by atoms with Crippen molar-refractivity contribution in [1.29, 1.82) is 0 Å². The van der Waals surface area contributed by atoms with Crippen LogP contribution >= 0.6 is 0 Å². The Kier molecular flexibility index (Phi) is 7.60. The average molecular weight is 709 g/mol. The van der Waals surface area contributed by atoms with Crippen LogP contribution in [0.1, 0.15) is 0 Å². The van der Waals surface area contributed by atoms with Crippen molar-refractivity contribution in [1.82, 2.24) is 0 Å². The predicted molar refractivity (Wildman–Crippen MR) is 241 cm³/mol. The molecule has 0 heterocycles. The Labute approximate surface area is 326 Å². The maximum Gasteiger partial charge on any atom is -0.00137 e. The monoisotopic (exact) mass is 708 g/mol. The summed E-state index contributed by atoms with van der Waals surface area (Å²) in [6.45, 7) is 0. The first kappa shape index (κ1) is 32.2. The van der Waals surface area contributed by atoms with Crippen LogP contribution in [0.15, 0.2) is 218 Å².